The molecule has 1 N–H and O–H groups in total. The van der Waals surface area contributed by atoms with E-state index < -0.39 is 5.91 Å². The molecule has 0 unspecified atom stereocenters. The average molecular weight is 508 g/mol. The van der Waals surface area contributed by atoms with Gasteiger partial charge in [0.05, 0.1) is 5.69 Å². The van der Waals surface area contributed by atoms with E-state index in [4.69, 9.17) is 4.74 Å². The van der Waals surface area contributed by atoms with Crippen LogP contribution in [-0.4, -0.2) is 30.7 Å². The molecule has 1 amide bonds. The number of anilines is 1. The van der Waals surface area contributed by atoms with Crippen LogP contribution in [0.4, 0.5) is 5.13 Å². The van der Waals surface area contributed by atoms with Gasteiger partial charge < -0.3 is 4.74 Å². The summed E-state index contributed by atoms with van der Waals surface area (Å²) in [6.45, 7) is 6.08. The van der Waals surface area contributed by atoms with Gasteiger partial charge in [-0.05, 0) is 36.6 Å². The van der Waals surface area contributed by atoms with Gasteiger partial charge in [-0.25, -0.2) is 4.98 Å². The molecule has 12 heteroatoms. The number of nitrogens with zero attached hydrogens (tertiary/aromatic N) is 6. The molecule has 4 rings (SSSR count). The number of fused-ring (bicyclic) bond motifs is 1. The minimum absolute atomic E-state index is 0.0582. The van der Waals surface area contributed by atoms with E-state index in [0.29, 0.717) is 33.0 Å². The van der Waals surface area contributed by atoms with Gasteiger partial charge in [0, 0.05) is 12.5 Å². The molecule has 0 aliphatic carbocycles. The molecule has 0 fully saturated rings. The summed E-state index contributed by atoms with van der Waals surface area (Å²) in [5.41, 5.74) is 0.835. The Hall–Kier alpha value is -3.95. The first-order valence-corrected chi connectivity index (χ1v) is 12.3. The van der Waals surface area contributed by atoms with Gasteiger partial charge >= 0.3 is 0 Å². The maximum absolute atomic E-state index is 12.5. The Kier molecular flexibility index (Phi) is 7.28. The molecule has 0 saturated carbocycles. The zero-order valence-electron chi connectivity index (χ0n) is 19.2. The summed E-state index contributed by atoms with van der Waals surface area (Å²) in [6.07, 6.45) is 2.26. The molecule has 0 saturated heterocycles. The largest absolute Gasteiger partial charge is 0.487 e. The molecule has 0 bridgehead atoms. The normalized spacial score (nSPS) is 11.6. The van der Waals surface area contributed by atoms with Crippen LogP contribution in [-0.2, 0) is 17.8 Å². The van der Waals surface area contributed by atoms with E-state index in [1.807, 2.05) is 13.0 Å². The van der Waals surface area contributed by atoms with Crippen LogP contribution in [0.5, 0.6) is 5.75 Å². The Balaban J connectivity index is 1.39. The summed E-state index contributed by atoms with van der Waals surface area (Å²) in [5.74, 6) is 0.434. The summed E-state index contributed by atoms with van der Waals surface area (Å²) in [7, 11) is 0. The molecule has 0 aliphatic heterocycles. The van der Waals surface area contributed by atoms with Gasteiger partial charge in [0.25, 0.3) is 11.5 Å². The van der Waals surface area contributed by atoms with Gasteiger partial charge in [-0.1, -0.05) is 48.7 Å². The number of ether oxygens (including phenoxy) is 1. The molecular weight excluding hydrogens is 486 g/mol. The summed E-state index contributed by atoms with van der Waals surface area (Å²) < 4.78 is 7.01. The Labute approximate surface area is 208 Å². The fourth-order valence-corrected chi connectivity index (χ4v) is 4.77. The summed E-state index contributed by atoms with van der Waals surface area (Å²) in [4.78, 5) is 29.6. The van der Waals surface area contributed by atoms with Crippen LogP contribution in [0.2, 0.25) is 0 Å². The third kappa shape index (κ3) is 6.14. The van der Waals surface area contributed by atoms with Crippen molar-refractivity contribution in [2.75, 3.05) is 5.32 Å². The maximum atomic E-state index is 12.5. The first-order valence-electron chi connectivity index (χ1n) is 10.7. The van der Waals surface area contributed by atoms with Crippen LogP contribution < -0.4 is 15.6 Å². The van der Waals surface area contributed by atoms with Gasteiger partial charge in [-0.15, -0.1) is 10.2 Å². The predicted octanol–water partition coefficient (Wildman–Crippen LogP) is 3.63. The summed E-state index contributed by atoms with van der Waals surface area (Å²) in [6, 6.07) is 10.2. The third-order valence-electron chi connectivity index (χ3n) is 4.61. The van der Waals surface area contributed by atoms with Crippen LogP contribution in [0.15, 0.2) is 40.7 Å². The van der Waals surface area contributed by atoms with Crippen LogP contribution in [0, 0.1) is 24.2 Å². The lowest BCUT2D eigenvalue weighted by molar-refractivity contribution is -0.112. The molecule has 1 aromatic carbocycles. The number of amides is 1. The van der Waals surface area contributed by atoms with Crippen molar-refractivity contribution in [3.63, 3.8) is 0 Å². The lowest BCUT2D eigenvalue weighted by Gasteiger charge is -2.06. The molecule has 0 spiro atoms. The van der Waals surface area contributed by atoms with Crippen molar-refractivity contribution < 1.29 is 9.53 Å². The van der Waals surface area contributed by atoms with Crippen LogP contribution in [0.1, 0.15) is 35.1 Å². The van der Waals surface area contributed by atoms with Gasteiger partial charge in [-0.3, -0.25) is 14.9 Å². The van der Waals surface area contributed by atoms with E-state index in [1.165, 1.54) is 39.3 Å². The monoisotopic (exact) mass is 507 g/mol. The molecule has 178 valence electrons. The Morgan fingerprint density at radius 2 is 2.03 bits per heavy atom. The number of hydrogen-bond acceptors (Lipinski definition) is 10. The second-order valence-electron chi connectivity index (χ2n) is 7.98. The highest BCUT2D eigenvalue weighted by atomic mass is 32.1. The van der Waals surface area contributed by atoms with Crippen molar-refractivity contribution >= 4 is 44.7 Å². The Morgan fingerprint density at radius 3 is 2.74 bits per heavy atom. The van der Waals surface area contributed by atoms with Crippen LogP contribution in [0.3, 0.4) is 0 Å². The topological polar surface area (TPSA) is 135 Å². The quantitative estimate of drug-likeness (QED) is 0.282. The minimum atomic E-state index is -0.550. The highest BCUT2D eigenvalue weighted by molar-refractivity contribution is 7.16. The maximum Gasteiger partial charge on any atom is 0.275 e. The van der Waals surface area contributed by atoms with E-state index in [1.54, 1.807) is 24.3 Å². The number of carbonyl (C=O) groups excluding carboxylic acids is 1. The third-order valence-corrected chi connectivity index (χ3v) is 6.30. The smallest absolute Gasteiger partial charge is 0.275 e. The number of aromatic nitrogens is 5. The second-order valence-corrected chi connectivity index (χ2v) is 10.2. The highest BCUT2D eigenvalue weighted by Gasteiger charge is 2.14. The van der Waals surface area contributed by atoms with Gasteiger partial charge in [-0.2, -0.15) is 14.9 Å². The van der Waals surface area contributed by atoms with E-state index in [9.17, 15) is 14.9 Å². The molecule has 4 aromatic rings. The summed E-state index contributed by atoms with van der Waals surface area (Å²) >= 11 is 2.63. The molecule has 0 aliphatic rings. The second kappa shape index (κ2) is 10.5. The number of hydrogen-bond donors (Lipinski definition) is 1. The standard InChI is InChI=1S/C23H21N7O3S2/c1-13(2)8-19-27-28-22(35-19)26-21(32)16(11-24)9-15-4-6-18(7-5-15)33-12-17-10-20(31)30-23(25-17)34-14(3)29-30/h4-7,9-10,13H,8,12H2,1-3H3,(H,26,28,32). The lowest BCUT2D eigenvalue weighted by atomic mass is 10.1. The number of nitrogens with one attached hydrogen (secondary N) is 1. The van der Waals surface area contributed by atoms with Gasteiger partial charge in [0.1, 0.15) is 34.0 Å². The van der Waals surface area contributed by atoms with E-state index in [0.717, 1.165) is 16.4 Å². The molecule has 10 nitrogen and oxygen atoms in total. The first-order chi connectivity index (χ1) is 16.8. The SMILES string of the molecule is Cc1nn2c(=O)cc(COc3ccc(C=C(C#N)C(=O)Nc4nnc(CC(C)C)s4)cc3)nc2s1. The molecule has 35 heavy (non-hydrogen) atoms. The highest BCUT2D eigenvalue weighted by Crippen LogP contribution is 2.20. The van der Waals surface area contributed by atoms with Crippen molar-refractivity contribution in [2.24, 2.45) is 5.92 Å². The van der Waals surface area contributed by atoms with Crippen molar-refractivity contribution in [3.8, 4) is 11.8 Å². The van der Waals surface area contributed by atoms with E-state index in [-0.39, 0.29) is 17.7 Å². The average Bonchev–Trinajstić information content (AvgIpc) is 3.41. The Bertz CT molecular complexity index is 1490. The van der Waals surface area contributed by atoms with E-state index in [2.05, 4.69) is 39.4 Å². The van der Waals surface area contributed by atoms with E-state index >= 15 is 0 Å². The molecular formula is C23H21N7O3S2. The number of aryl methyl sites for hydroxylation is 1. The van der Waals surface area contributed by atoms with Gasteiger partial charge in [0.15, 0.2) is 0 Å². The van der Waals surface area contributed by atoms with Crippen molar-refractivity contribution in [2.45, 2.75) is 33.8 Å². The fraction of sp³-hybridized carbons (Fsp3) is 0.261. The van der Waals surface area contributed by atoms with Crippen LogP contribution >= 0.6 is 22.7 Å². The zero-order chi connectivity index (χ0) is 24.9. The zero-order valence-corrected chi connectivity index (χ0v) is 20.8. The molecule has 3 heterocycles. The molecule has 3 aromatic heterocycles. The number of rotatable bonds is 8. The first kappa shape index (κ1) is 24.2. The number of benzene rings is 1. The molecule has 0 atom stereocenters. The fourth-order valence-electron chi connectivity index (χ4n) is 3.06. The van der Waals surface area contributed by atoms with Crippen molar-refractivity contribution in [1.82, 2.24) is 24.8 Å². The van der Waals surface area contributed by atoms with Crippen molar-refractivity contribution in [3.05, 3.63) is 67.5 Å². The summed E-state index contributed by atoms with van der Waals surface area (Å²) in [5, 5.41) is 26.2. The lowest BCUT2D eigenvalue weighted by Crippen LogP contribution is -2.16. The number of carbonyl (C=O) groups is 1. The minimum Gasteiger partial charge on any atom is -0.487 e. The Morgan fingerprint density at radius 1 is 1.26 bits per heavy atom. The predicted molar refractivity (Wildman–Crippen MR) is 133 cm³/mol. The van der Waals surface area contributed by atoms with Crippen molar-refractivity contribution in [1.29, 1.82) is 5.26 Å². The van der Waals surface area contributed by atoms with Gasteiger partial charge in [0.2, 0.25) is 10.1 Å². The molecule has 0 radical (unpaired) electrons. The van der Waals surface area contributed by atoms with Crippen LogP contribution in [0.25, 0.3) is 11.0 Å². The number of nitriles is 1.